The predicted molar refractivity (Wildman–Crippen MR) is 137 cm³/mol. The fourth-order valence-electron chi connectivity index (χ4n) is 3.71. The second kappa shape index (κ2) is 10.7. The highest BCUT2D eigenvalue weighted by Gasteiger charge is 2.17. The zero-order valence-corrected chi connectivity index (χ0v) is 20.3. The van der Waals surface area contributed by atoms with Gasteiger partial charge >= 0.3 is 0 Å². The number of hydrogen-bond donors (Lipinski definition) is 2. The third-order valence-electron chi connectivity index (χ3n) is 5.41. The Bertz CT molecular complexity index is 1150. The number of ether oxygens (including phenoxy) is 1. The maximum Gasteiger partial charge on any atom is 0.251 e. The van der Waals surface area contributed by atoms with E-state index in [2.05, 4.69) is 25.5 Å². The Morgan fingerprint density at radius 1 is 1.15 bits per heavy atom. The van der Waals surface area contributed by atoms with Crippen molar-refractivity contribution in [2.75, 3.05) is 48.5 Å². The number of halogens is 1. The van der Waals surface area contributed by atoms with E-state index in [1.54, 1.807) is 6.20 Å². The largest absolute Gasteiger partial charge is 0.378 e. The number of hydrogen-bond acceptors (Lipinski definition) is 7. The fraction of sp³-hybridized carbons (Fsp3) is 0.320. The van der Waals surface area contributed by atoms with Gasteiger partial charge in [-0.05, 0) is 56.3 Å². The van der Waals surface area contributed by atoms with Crippen LogP contribution in [-0.2, 0) is 4.74 Å². The van der Waals surface area contributed by atoms with Crippen LogP contribution < -0.4 is 20.4 Å². The molecule has 1 aromatic heterocycles. The summed E-state index contributed by atoms with van der Waals surface area (Å²) in [5, 5.41) is 6.90. The van der Waals surface area contributed by atoms with Gasteiger partial charge in [-0.25, -0.2) is 4.98 Å². The lowest BCUT2D eigenvalue weighted by Crippen LogP contribution is -2.36. The average molecular weight is 481 g/mol. The van der Waals surface area contributed by atoms with Gasteiger partial charge in [0.05, 0.1) is 13.2 Å². The van der Waals surface area contributed by atoms with Gasteiger partial charge in [0.15, 0.2) is 0 Å². The summed E-state index contributed by atoms with van der Waals surface area (Å²) >= 11 is 6.15. The number of carbonyl (C=O) groups excluding carboxylic acids is 1. The number of benzene rings is 2. The molecular weight excluding hydrogens is 452 g/mol. The van der Waals surface area contributed by atoms with Gasteiger partial charge in [-0.3, -0.25) is 4.79 Å². The minimum Gasteiger partial charge on any atom is -0.378 e. The van der Waals surface area contributed by atoms with E-state index >= 15 is 0 Å². The molecule has 178 valence electrons. The van der Waals surface area contributed by atoms with Crippen LogP contribution in [0.25, 0.3) is 0 Å². The smallest absolute Gasteiger partial charge is 0.251 e. The molecule has 0 saturated carbocycles. The van der Waals surface area contributed by atoms with E-state index in [1.807, 2.05) is 74.3 Å². The van der Waals surface area contributed by atoms with Crippen LogP contribution in [0, 0.1) is 0 Å². The Morgan fingerprint density at radius 3 is 2.68 bits per heavy atom. The highest BCUT2D eigenvalue weighted by molar-refractivity contribution is 6.30. The number of amides is 1. The summed E-state index contributed by atoms with van der Waals surface area (Å²) < 4.78 is 5.49. The van der Waals surface area contributed by atoms with E-state index in [4.69, 9.17) is 16.3 Å². The van der Waals surface area contributed by atoms with Crippen molar-refractivity contribution in [1.29, 1.82) is 0 Å². The number of carbonyl (C=O) groups is 1. The lowest BCUT2D eigenvalue weighted by Gasteiger charge is -2.29. The highest BCUT2D eigenvalue weighted by atomic mass is 35.5. The van der Waals surface area contributed by atoms with E-state index < -0.39 is 0 Å². The van der Waals surface area contributed by atoms with Crippen molar-refractivity contribution in [1.82, 2.24) is 15.3 Å². The number of nitrogens with zero attached hydrogens (tertiary/aromatic N) is 4. The zero-order valence-electron chi connectivity index (χ0n) is 19.6. The Labute approximate surface area is 204 Å². The minimum absolute atomic E-state index is 0.0398. The van der Waals surface area contributed by atoms with Gasteiger partial charge in [0.2, 0.25) is 5.95 Å². The Hall–Kier alpha value is -3.36. The first-order valence-corrected chi connectivity index (χ1v) is 11.6. The first kappa shape index (κ1) is 23.8. The molecule has 2 N–H and O–H groups in total. The monoisotopic (exact) mass is 480 g/mol. The normalized spacial score (nSPS) is 13.6. The van der Waals surface area contributed by atoms with Gasteiger partial charge in [-0.1, -0.05) is 17.7 Å². The van der Waals surface area contributed by atoms with Gasteiger partial charge in [0.1, 0.15) is 5.82 Å². The first-order valence-electron chi connectivity index (χ1n) is 11.3. The molecule has 0 bridgehead atoms. The number of aromatic nitrogens is 2. The molecule has 0 spiro atoms. The molecule has 1 amide bonds. The van der Waals surface area contributed by atoms with Gasteiger partial charge in [-0.2, -0.15) is 4.98 Å². The molecule has 2 heterocycles. The maximum atomic E-state index is 12.8. The quantitative estimate of drug-likeness (QED) is 0.510. The summed E-state index contributed by atoms with van der Waals surface area (Å²) in [4.78, 5) is 26.0. The van der Waals surface area contributed by atoms with Crippen LogP contribution in [0.2, 0.25) is 5.02 Å². The molecule has 1 aliphatic rings. The third kappa shape index (κ3) is 5.95. The summed E-state index contributed by atoms with van der Waals surface area (Å²) in [5.41, 5.74) is 3.18. The zero-order chi connectivity index (χ0) is 24.1. The molecule has 9 heteroatoms. The van der Waals surface area contributed by atoms with Gasteiger partial charge in [0.25, 0.3) is 5.91 Å². The van der Waals surface area contributed by atoms with Crippen molar-refractivity contribution in [3.05, 3.63) is 65.3 Å². The average Bonchev–Trinajstić information content (AvgIpc) is 2.83. The molecule has 1 aliphatic heterocycles. The summed E-state index contributed by atoms with van der Waals surface area (Å²) in [7, 11) is 1.92. The molecule has 0 aliphatic carbocycles. The molecule has 1 fully saturated rings. The lowest BCUT2D eigenvalue weighted by molar-refractivity contribution is 0.0943. The fourth-order valence-corrected chi connectivity index (χ4v) is 3.89. The molecule has 0 atom stereocenters. The summed E-state index contributed by atoms with van der Waals surface area (Å²) in [6.07, 6.45) is 1.70. The Morgan fingerprint density at radius 2 is 1.94 bits per heavy atom. The summed E-state index contributed by atoms with van der Waals surface area (Å²) in [6.45, 7) is 6.74. The minimum atomic E-state index is -0.122. The summed E-state index contributed by atoms with van der Waals surface area (Å²) in [6, 6.07) is 15.2. The van der Waals surface area contributed by atoms with E-state index in [1.165, 1.54) is 0 Å². The molecule has 4 rings (SSSR count). The molecule has 0 radical (unpaired) electrons. The van der Waals surface area contributed by atoms with Crippen LogP contribution in [-0.4, -0.2) is 55.3 Å². The summed E-state index contributed by atoms with van der Waals surface area (Å²) in [5.74, 6) is 1.02. The molecule has 34 heavy (non-hydrogen) atoms. The first-order chi connectivity index (χ1) is 16.4. The van der Waals surface area contributed by atoms with Gasteiger partial charge in [0, 0.05) is 60.0 Å². The van der Waals surface area contributed by atoms with E-state index in [9.17, 15) is 4.79 Å². The number of rotatable bonds is 7. The molecule has 1 saturated heterocycles. The van der Waals surface area contributed by atoms with Crippen LogP contribution >= 0.6 is 11.6 Å². The molecule has 8 nitrogen and oxygen atoms in total. The Kier molecular flexibility index (Phi) is 7.49. The van der Waals surface area contributed by atoms with Crippen LogP contribution in [0.3, 0.4) is 0 Å². The standard InChI is InChI=1S/C25H29ClN6O2/c1-17(2)28-24(33)18-13-20(16-22(14-18)32-9-11-34-12-10-32)29-25-27-8-7-23(30-25)31(3)21-6-4-5-19(26)15-21/h4-8,13-17H,9-12H2,1-3H3,(H,28,33)(H,27,29,30). The molecule has 0 unspecified atom stereocenters. The van der Waals surface area contributed by atoms with Crippen LogP contribution in [0.5, 0.6) is 0 Å². The molecular formula is C25H29ClN6O2. The second-order valence-corrected chi connectivity index (χ2v) is 8.83. The van der Waals surface area contributed by atoms with Gasteiger partial charge < -0.3 is 25.2 Å². The molecule has 3 aromatic rings. The van der Waals surface area contributed by atoms with Crippen LogP contribution in [0.1, 0.15) is 24.2 Å². The van der Waals surface area contributed by atoms with Crippen LogP contribution in [0.15, 0.2) is 54.7 Å². The number of morpholine rings is 1. The Balaban J connectivity index is 1.62. The van der Waals surface area contributed by atoms with E-state index in [0.29, 0.717) is 35.6 Å². The highest BCUT2D eigenvalue weighted by Crippen LogP contribution is 2.28. The number of nitrogens with one attached hydrogen (secondary N) is 2. The number of anilines is 5. The lowest BCUT2D eigenvalue weighted by atomic mass is 10.1. The van der Waals surface area contributed by atoms with E-state index in [0.717, 1.165) is 30.2 Å². The van der Waals surface area contributed by atoms with Crippen LogP contribution in [0.4, 0.5) is 28.8 Å². The second-order valence-electron chi connectivity index (χ2n) is 8.40. The van der Waals surface area contributed by atoms with Crippen molar-refractivity contribution in [3.8, 4) is 0 Å². The SMILES string of the molecule is CC(C)NC(=O)c1cc(Nc2nccc(N(C)c3cccc(Cl)c3)n2)cc(N2CCOCC2)c1. The molecule has 2 aromatic carbocycles. The van der Waals surface area contributed by atoms with Crippen molar-refractivity contribution in [2.24, 2.45) is 0 Å². The van der Waals surface area contributed by atoms with Crippen molar-refractivity contribution in [3.63, 3.8) is 0 Å². The predicted octanol–water partition coefficient (Wildman–Crippen LogP) is 4.62. The van der Waals surface area contributed by atoms with Crippen molar-refractivity contribution < 1.29 is 9.53 Å². The maximum absolute atomic E-state index is 12.8. The van der Waals surface area contributed by atoms with Crippen molar-refractivity contribution in [2.45, 2.75) is 19.9 Å². The van der Waals surface area contributed by atoms with Gasteiger partial charge in [-0.15, -0.1) is 0 Å². The van der Waals surface area contributed by atoms with E-state index in [-0.39, 0.29) is 11.9 Å². The topological polar surface area (TPSA) is 82.6 Å². The third-order valence-corrected chi connectivity index (χ3v) is 5.65. The van der Waals surface area contributed by atoms with Crippen molar-refractivity contribution >= 4 is 46.3 Å².